The van der Waals surface area contributed by atoms with Crippen molar-refractivity contribution in [3.8, 4) is 0 Å². The van der Waals surface area contributed by atoms with Gasteiger partial charge in [-0.25, -0.2) is 17.9 Å². The monoisotopic (exact) mass is 356 g/mol. The molecule has 1 amide bonds. The van der Waals surface area contributed by atoms with Gasteiger partial charge in [0, 0.05) is 6.54 Å². The summed E-state index contributed by atoms with van der Waals surface area (Å²) in [4.78, 5) is 23.2. The lowest BCUT2D eigenvalue weighted by atomic mass is 9.87. The Balaban J connectivity index is 2.69. The van der Waals surface area contributed by atoms with Crippen molar-refractivity contribution in [2.75, 3.05) is 12.8 Å². The van der Waals surface area contributed by atoms with Crippen LogP contribution >= 0.6 is 0 Å². The molecule has 1 unspecified atom stereocenters. The van der Waals surface area contributed by atoms with Crippen LogP contribution in [-0.4, -0.2) is 44.2 Å². The van der Waals surface area contributed by atoms with E-state index in [0.29, 0.717) is 6.42 Å². The highest BCUT2D eigenvalue weighted by Crippen LogP contribution is 2.20. The molecule has 0 fully saturated rings. The summed E-state index contributed by atoms with van der Waals surface area (Å²) in [6.45, 7) is 5.59. The first-order chi connectivity index (χ1) is 10.9. The van der Waals surface area contributed by atoms with Crippen LogP contribution in [-0.2, 0) is 21.2 Å². The first-order valence-electron chi connectivity index (χ1n) is 7.47. The minimum atomic E-state index is -3.52. The number of benzene rings is 1. The van der Waals surface area contributed by atoms with Crippen LogP contribution in [0.1, 0.15) is 36.7 Å². The predicted molar refractivity (Wildman–Crippen MR) is 91.3 cm³/mol. The lowest BCUT2D eigenvalue weighted by Crippen LogP contribution is -2.53. The lowest BCUT2D eigenvalue weighted by Gasteiger charge is -2.29. The molecule has 3 N–H and O–H groups in total. The summed E-state index contributed by atoms with van der Waals surface area (Å²) in [5.74, 6) is -1.42. The molecule has 8 heteroatoms. The smallest absolute Gasteiger partial charge is 0.335 e. The third kappa shape index (κ3) is 6.67. The molecule has 0 aliphatic carbocycles. The van der Waals surface area contributed by atoms with Crippen LogP contribution in [0.25, 0.3) is 0 Å². The highest BCUT2D eigenvalue weighted by molar-refractivity contribution is 7.88. The molecule has 1 aromatic carbocycles. The van der Waals surface area contributed by atoms with Crippen molar-refractivity contribution in [2.24, 2.45) is 5.41 Å². The van der Waals surface area contributed by atoms with E-state index in [4.69, 9.17) is 5.11 Å². The highest BCUT2D eigenvalue weighted by atomic mass is 32.2. The number of aromatic carboxylic acids is 1. The van der Waals surface area contributed by atoms with E-state index in [0.717, 1.165) is 11.8 Å². The summed E-state index contributed by atoms with van der Waals surface area (Å²) in [5.41, 5.74) is 0.375. The molecule has 0 saturated carbocycles. The number of carbonyl (C=O) groups excluding carboxylic acids is 1. The Labute approximate surface area is 142 Å². The third-order valence-corrected chi connectivity index (χ3v) is 4.01. The van der Waals surface area contributed by atoms with E-state index in [-0.39, 0.29) is 12.1 Å². The first-order valence-corrected chi connectivity index (χ1v) is 9.36. The number of carboxylic acids is 1. The van der Waals surface area contributed by atoms with Gasteiger partial charge in [-0.1, -0.05) is 32.9 Å². The molecular weight excluding hydrogens is 332 g/mol. The molecule has 1 rings (SSSR count). The fourth-order valence-corrected chi connectivity index (χ4v) is 3.02. The topological polar surface area (TPSA) is 113 Å². The zero-order valence-corrected chi connectivity index (χ0v) is 15.1. The van der Waals surface area contributed by atoms with E-state index in [2.05, 4.69) is 10.0 Å². The van der Waals surface area contributed by atoms with Crippen LogP contribution in [0.2, 0.25) is 0 Å². The van der Waals surface area contributed by atoms with Crippen molar-refractivity contribution < 1.29 is 23.1 Å². The second-order valence-corrected chi connectivity index (χ2v) is 8.52. The predicted octanol–water partition coefficient (Wildman–Crippen LogP) is 1.01. The van der Waals surface area contributed by atoms with Gasteiger partial charge in [0.05, 0.1) is 11.8 Å². The zero-order chi connectivity index (χ0) is 18.5. The Bertz CT molecular complexity index is 707. The number of carbonyl (C=O) groups is 2. The van der Waals surface area contributed by atoms with Gasteiger partial charge >= 0.3 is 5.97 Å². The van der Waals surface area contributed by atoms with Crippen molar-refractivity contribution in [2.45, 2.75) is 33.2 Å². The van der Waals surface area contributed by atoms with E-state index in [1.54, 1.807) is 39.0 Å². The molecule has 0 spiro atoms. The molecule has 7 nitrogen and oxygen atoms in total. The molecule has 0 aliphatic rings. The first kappa shape index (κ1) is 20.1. The van der Waals surface area contributed by atoms with Gasteiger partial charge in [0.2, 0.25) is 15.9 Å². The molecule has 0 bridgehead atoms. The average Bonchev–Trinajstić information content (AvgIpc) is 2.43. The maximum Gasteiger partial charge on any atom is 0.335 e. The maximum atomic E-state index is 12.3. The van der Waals surface area contributed by atoms with E-state index >= 15 is 0 Å². The van der Waals surface area contributed by atoms with Crippen LogP contribution < -0.4 is 10.0 Å². The number of carboxylic acid groups (broad SMARTS) is 1. The van der Waals surface area contributed by atoms with E-state index < -0.39 is 33.4 Å². The maximum absolute atomic E-state index is 12.3. The van der Waals surface area contributed by atoms with Gasteiger partial charge in [-0.2, -0.15) is 0 Å². The normalized spacial score (nSPS) is 13.3. The molecule has 0 aromatic heterocycles. The number of sulfonamides is 1. The third-order valence-electron chi connectivity index (χ3n) is 3.35. The fourth-order valence-electron chi connectivity index (χ4n) is 2.13. The average molecular weight is 356 g/mol. The summed E-state index contributed by atoms with van der Waals surface area (Å²) in [7, 11) is -3.52. The minimum absolute atomic E-state index is 0.185. The number of hydrogen-bond donors (Lipinski definition) is 3. The number of hydrogen-bond acceptors (Lipinski definition) is 4. The fraction of sp³-hybridized carbons (Fsp3) is 0.500. The van der Waals surface area contributed by atoms with Crippen molar-refractivity contribution in [1.82, 2.24) is 10.0 Å². The van der Waals surface area contributed by atoms with E-state index in [1.165, 1.54) is 6.07 Å². The van der Waals surface area contributed by atoms with Crippen molar-refractivity contribution in [3.05, 3.63) is 35.4 Å². The molecular formula is C16H24N2O5S. The standard InChI is InChI=1S/C16H24N2O5S/c1-16(2,3)13(18-24(4,22)23)14(19)17-9-8-11-6-5-7-12(10-11)15(20)21/h5-7,10,13,18H,8-9H2,1-4H3,(H,17,19)(H,20,21). The second kappa shape index (κ2) is 7.76. The summed E-state index contributed by atoms with van der Waals surface area (Å²) < 4.78 is 25.2. The Hall–Kier alpha value is -1.93. The molecule has 134 valence electrons. The van der Waals surface area contributed by atoms with Crippen LogP contribution in [0.15, 0.2) is 24.3 Å². The summed E-state index contributed by atoms with van der Waals surface area (Å²) in [6.07, 6.45) is 1.46. The molecule has 1 aromatic rings. The Kier molecular flexibility index (Phi) is 6.50. The van der Waals surface area contributed by atoms with Gasteiger partial charge in [0.25, 0.3) is 0 Å². The molecule has 1 atom stereocenters. The Morgan fingerprint density at radius 3 is 2.38 bits per heavy atom. The number of amides is 1. The van der Waals surface area contributed by atoms with E-state index in [9.17, 15) is 18.0 Å². The van der Waals surface area contributed by atoms with Gasteiger partial charge in [0.15, 0.2) is 0 Å². The van der Waals surface area contributed by atoms with Crippen LogP contribution in [0.4, 0.5) is 0 Å². The largest absolute Gasteiger partial charge is 0.478 e. The minimum Gasteiger partial charge on any atom is -0.478 e. The van der Waals surface area contributed by atoms with Gasteiger partial charge < -0.3 is 10.4 Å². The van der Waals surface area contributed by atoms with Crippen LogP contribution in [0.3, 0.4) is 0 Å². The lowest BCUT2D eigenvalue weighted by molar-refractivity contribution is -0.124. The molecule has 24 heavy (non-hydrogen) atoms. The van der Waals surface area contributed by atoms with Gasteiger partial charge in [0.1, 0.15) is 6.04 Å². The van der Waals surface area contributed by atoms with Crippen LogP contribution in [0, 0.1) is 5.41 Å². The molecule has 0 saturated heterocycles. The van der Waals surface area contributed by atoms with Crippen LogP contribution in [0.5, 0.6) is 0 Å². The second-order valence-electron chi connectivity index (χ2n) is 6.74. The van der Waals surface area contributed by atoms with Gasteiger partial charge in [-0.05, 0) is 29.5 Å². The van der Waals surface area contributed by atoms with Gasteiger partial charge in [-0.3, -0.25) is 4.79 Å². The number of rotatable bonds is 7. The quantitative estimate of drug-likeness (QED) is 0.675. The molecule has 0 radical (unpaired) electrons. The Morgan fingerprint density at radius 2 is 1.88 bits per heavy atom. The summed E-state index contributed by atoms with van der Waals surface area (Å²) in [5, 5.41) is 11.7. The van der Waals surface area contributed by atoms with Gasteiger partial charge in [-0.15, -0.1) is 0 Å². The molecule has 0 aliphatic heterocycles. The zero-order valence-electron chi connectivity index (χ0n) is 14.3. The highest BCUT2D eigenvalue weighted by Gasteiger charge is 2.33. The van der Waals surface area contributed by atoms with E-state index in [1.807, 2.05) is 0 Å². The Morgan fingerprint density at radius 1 is 1.25 bits per heavy atom. The molecule has 0 heterocycles. The SMILES string of the molecule is CC(C)(C)C(NS(C)(=O)=O)C(=O)NCCc1cccc(C(=O)O)c1. The summed E-state index contributed by atoms with van der Waals surface area (Å²) in [6, 6.07) is 5.57. The van der Waals surface area contributed by atoms with Crippen molar-refractivity contribution >= 4 is 21.9 Å². The summed E-state index contributed by atoms with van der Waals surface area (Å²) >= 11 is 0. The van der Waals surface area contributed by atoms with Crippen molar-refractivity contribution in [3.63, 3.8) is 0 Å². The number of nitrogens with one attached hydrogen (secondary N) is 2. The van der Waals surface area contributed by atoms with Crippen molar-refractivity contribution in [1.29, 1.82) is 0 Å².